The topological polar surface area (TPSA) is 78.9 Å². The molecule has 0 aromatic heterocycles. The molecule has 0 fully saturated rings. The summed E-state index contributed by atoms with van der Waals surface area (Å²) in [5.74, 6) is -0.912. The van der Waals surface area contributed by atoms with Crippen molar-refractivity contribution in [3.8, 4) is 0 Å². The van der Waals surface area contributed by atoms with Gasteiger partial charge in [-0.3, -0.25) is 14.4 Å². The van der Waals surface area contributed by atoms with Crippen molar-refractivity contribution in [2.24, 2.45) is 0 Å². The van der Waals surface area contributed by atoms with Crippen molar-refractivity contribution in [3.63, 3.8) is 0 Å². The number of carbonyl (C=O) groups is 3. The van der Waals surface area contributed by atoms with Gasteiger partial charge in [0.15, 0.2) is 6.10 Å². The summed E-state index contributed by atoms with van der Waals surface area (Å²) in [7, 11) is 0. The maximum Gasteiger partial charge on any atom is 0.306 e. The fraction of sp³-hybridized carbons (Fsp3) is 0.730. The second-order valence-electron chi connectivity index (χ2n) is 19.2. The van der Waals surface area contributed by atoms with Crippen molar-refractivity contribution < 1.29 is 28.6 Å². The molecule has 0 rings (SSSR count). The normalized spacial score (nSPS) is 12.7. The van der Waals surface area contributed by atoms with Crippen molar-refractivity contribution in [3.05, 3.63) is 85.1 Å². The molecule has 0 saturated heterocycles. The molecule has 0 amide bonds. The van der Waals surface area contributed by atoms with Crippen molar-refractivity contribution in [2.75, 3.05) is 13.2 Å². The SMILES string of the molecule is CC/C=C\C/C=C\C/C=C\C/C=C\CCCCCCCCC(=O)OCC(COC(=O)CCCCCCC/C=C\CCCCCCC)OC(=O)CCCCCCCCC/C=C\C/C=C\CCCCCC. The van der Waals surface area contributed by atoms with E-state index < -0.39 is 6.10 Å². The molecule has 0 radical (unpaired) electrons. The molecule has 0 bridgehead atoms. The zero-order valence-corrected chi connectivity index (χ0v) is 45.3. The van der Waals surface area contributed by atoms with Crippen LogP contribution in [0.25, 0.3) is 0 Å². The minimum atomic E-state index is -0.791. The molecule has 6 nitrogen and oxygen atoms in total. The molecule has 0 N–H and O–H groups in total. The smallest absolute Gasteiger partial charge is 0.306 e. The van der Waals surface area contributed by atoms with E-state index in [0.29, 0.717) is 19.3 Å². The Morgan fingerprint density at radius 3 is 0.913 bits per heavy atom. The van der Waals surface area contributed by atoms with Gasteiger partial charge in [-0.1, -0.05) is 228 Å². The molecule has 0 aliphatic rings. The van der Waals surface area contributed by atoms with Crippen molar-refractivity contribution >= 4 is 17.9 Å². The molecule has 396 valence electrons. The lowest BCUT2D eigenvalue weighted by atomic mass is 10.1. The highest BCUT2D eigenvalue weighted by Crippen LogP contribution is 2.15. The molecule has 0 aliphatic carbocycles. The number of carbonyl (C=O) groups excluding carboxylic acids is 3. The quantitative estimate of drug-likeness (QED) is 0.0262. The molecule has 0 spiro atoms. The van der Waals surface area contributed by atoms with Crippen LogP contribution in [-0.4, -0.2) is 37.2 Å². The van der Waals surface area contributed by atoms with Crippen LogP contribution in [0.4, 0.5) is 0 Å². The highest BCUT2D eigenvalue weighted by atomic mass is 16.6. The van der Waals surface area contributed by atoms with Gasteiger partial charge in [0.1, 0.15) is 13.2 Å². The number of unbranched alkanes of at least 4 members (excludes halogenated alkanes) is 27. The summed E-state index contributed by atoms with van der Waals surface area (Å²) in [6, 6.07) is 0. The van der Waals surface area contributed by atoms with Crippen LogP contribution in [0.5, 0.6) is 0 Å². The fourth-order valence-electron chi connectivity index (χ4n) is 7.99. The number of esters is 3. The summed E-state index contributed by atoms with van der Waals surface area (Å²) in [6.07, 6.45) is 74.2. The van der Waals surface area contributed by atoms with Gasteiger partial charge < -0.3 is 14.2 Å². The molecular formula is C63H108O6. The van der Waals surface area contributed by atoms with Crippen LogP contribution in [0, 0.1) is 0 Å². The molecule has 0 aromatic carbocycles. The molecular weight excluding hydrogens is 853 g/mol. The lowest BCUT2D eigenvalue weighted by molar-refractivity contribution is -0.167. The van der Waals surface area contributed by atoms with E-state index in [4.69, 9.17) is 14.2 Å². The van der Waals surface area contributed by atoms with E-state index in [1.165, 1.54) is 128 Å². The Labute approximate surface area is 426 Å². The Kier molecular flexibility index (Phi) is 54.3. The first-order valence-corrected chi connectivity index (χ1v) is 29.1. The van der Waals surface area contributed by atoms with Gasteiger partial charge in [0.05, 0.1) is 0 Å². The van der Waals surface area contributed by atoms with Crippen LogP contribution in [0.3, 0.4) is 0 Å². The minimum absolute atomic E-state index is 0.0886. The van der Waals surface area contributed by atoms with Gasteiger partial charge in [0.25, 0.3) is 0 Å². The van der Waals surface area contributed by atoms with Gasteiger partial charge in [0.2, 0.25) is 0 Å². The van der Waals surface area contributed by atoms with E-state index in [1.54, 1.807) is 0 Å². The molecule has 0 aliphatic heterocycles. The fourth-order valence-corrected chi connectivity index (χ4v) is 7.99. The number of hydrogen-bond acceptors (Lipinski definition) is 6. The first-order chi connectivity index (χ1) is 34.0. The Hall–Kier alpha value is -3.41. The van der Waals surface area contributed by atoms with Gasteiger partial charge in [-0.15, -0.1) is 0 Å². The maximum absolute atomic E-state index is 12.9. The van der Waals surface area contributed by atoms with Crippen molar-refractivity contribution in [1.29, 1.82) is 0 Å². The van der Waals surface area contributed by atoms with Crippen LogP contribution < -0.4 is 0 Å². The molecule has 0 saturated carbocycles. The van der Waals surface area contributed by atoms with Gasteiger partial charge in [0, 0.05) is 19.3 Å². The zero-order chi connectivity index (χ0) is 50.0. The molecule has 0 aromatic rings. The lowest BCUT2D eigenvalue weighted by Crippen LogP contribution is -2.30. The summed E-state index contributed by atoms with van der Waals surface area (Å²) < 4.78 is 16.9. The van der Waals surface area contributed by atoms with Crippen molar-refractivity contribution in [1.82, 2.24) is 0 Å². The van der Waals surface area contributed by atoms with Crippen LogP contribution in [0.2, 0.25) is 0 Å². The second kappa shape index (κ2) is 57.2. The van der Waals surface area contributed by atoms with E-state index >= 15 is 0 Å². The second-order valence-corrected chi connectivity index (χ2v) is 19.2. The highest BCUT2D eigenvalue weighted by molar-refractivity contribution is 5.71. The van der Waals surface area contributed by atoms with Crippen LogP contribution in [-0.2, 0) is 28.6 Å². The molecule has 1 unspecified atom stereocenters. The molecule has 1 atom stereocenters. The average molecular weight is 962 g/mol. The Bertz CT molecular complexity index is 1330. The Morgan fingerprint density at radius 1 is 0.304 bits per heavy atom. The standard InChI is InChI=1S/C63H108O6/c1-4-7-10-13-16-19-22-25-28-30-32-34-35-38-41-44-47-50-53-56-62(65)68-59-60(58-67-61(64)55-52-49-46-43-40-37-27-24-21-18-15-12-9-6-3)69-63(66)57-54-51-48-45-42-39-36-33-31-29-26-23-20-17-14-11-8-5-2/h7,10,16,19-20,23-25,27-29,31-32,34,60H,4-6,8-9,11-15,17-18,21-22,26,30,33,35-59H2,1-3H3/b10-7-,19-16-,23-20-,27-24-,28-25-,31-29-,34-32-. The summed E-state index contributed by atoms with van der Waals surface area (Å²) in [6.45, 7) is 6.49. The zero-order valence-electron chi connectivity index (χ0n) is 45.3. The Balaban J connectivity index is 4.43. The molecule has 0 heterocycles. The average Bonchev–Trinajstić information content (AvgIpc) is 3.35. The first kappa shape index (κ1) is 65.6. The van der Waals surface area contributed by atoms with E-state index in [-0.39, 0.29) is 31.1 Å². The summed E-state index contributed by atoms with van der Waals surface area (Å²) in [4.78, 5) is 38.2. The predicted octanol–water partition coefficient (Wildman–Crippen LogP) is 19.5. The molecule has 69 heavy (non-hydrogen) atoms. The summed E-state index contributed by atoms with van der Waals surface area (Å²) in [5, 5.41) is 0. The first-order valence-electron chi connectivity index (χ1n) is 29.1. The van der Waals surface area contributed by atoms with Crippen molar-refractivity contribution in [2.45, 2.75) is 284 Å². The van der Waals surface area contributed by atoms with Gasteiger partial charge >= 0.3 is 17.9 Å². The van der Waals surface area contributed by atoms with Crippen LogP contribution in [0.15, 0.2) is 85.1 Å². The summed E-state index contributed by atoms with van der Waals surface area (Å²) >= 11 is 0. The minimum Gasteiger partial charge on any atom is -0.462 e. The monoisotopic (exact) mass is 961 g/mol. The lowest BCUT2D eigenvalue weighted by Gasteiger charge is -2.18. The third-order valence-corrected chi connectivity index (χ3v) is 12.4. The number of allylic oxidation sites excluding steroid dienone is 14. The predicted molar refractivity (Wildman–Crippen MR) is 297 cm³/mol. The third kappa shape index (κ3) is 55.4. The number of rotatable bonds is 52. The molecule has 6 heteroatoms. The van der Waals surface area contributed by atoms with Gasteiger partial charge in [-0.2, -0.15) is 0 Å². The number of ether oxygens (including phenoxy) is 3. The van der Waals surface area contributed by atoms with Gasteiger partial charge in [-0.05, 0) is 116 Å². The highest BCUT2D eigenvalue weighted by Gasteiger charge is 2.19. The van der Waals surface area contributed by atoms with E-state index in [9.17, 15) is 14.4 Å². The Morgan fingerprint density at radius 2 is 0.565 bits per heavy atom. The van der Waals surface area contributed by atoms with Gasteiger partial charge in [-0.25, -0.2) is 0 Å². The summed E-state index contributed by atoms with van der Waals surface area (Å²) in [5.41, 5.74) is 0. The third-order valence-electron chi connectivity index (χ3n) is 12.4. The van der Waals surface area contributed by atoms with E-state index in [2.05, 4.69) is 106 Å². The van der Waals surface area contributed by atoms with Crippen LogP contribution >= 0.6 is 0 Å². The van der Waals surface area contributed by atoms with E-state index in [1.807, 2.05) is 0 Å². The maximum atomic E-state index is 12.9. The van der Waals surface area contributed by atoms with Crippen LogP contribution in [0.1, 0.15) is 278 Å². The largest absolute Gasteiger partial charge is 0.462 e. The number of hydrogen-bond donors (Lipinski definition) is 0. The van der Waals surface area contributed by atoms with E-state index in [0.717, 1.165) is 109 Å².